The van der Waals surface area contributed by atoms with Crippen LogP contribution in [0.3, 0.4) is 0 Å². The molecule has 0 unspecified atom stereocenters. The lowest BCUT2D eigenvalue weighted by atomic mass is 10.2. The van der Waals surface area contributed by atoms with Crippen LogP contribution in [0.4, 0.5) is 11.4 Å². The molecule has 142 valence electrons. The predicted octanol–water partition coefficient (Wildman–Crippen LogP) is 5.45. The molecular weight excluding hydrogens is 382 g/mol. The van der Waals surface area contributed by atoms with Crippen LogP contribution in [-0.4, -0.2) is 29.2 Å². The lowest BCUT2D eigenvalue weighted by molar-refractivity contribution is -0.113. The summed E-state index contributed by atoms with van der Waals surface area (Å²) in [5.41, 5.74) is 3.26. The second kappa shape index (κ2) is 8.67. The fourth-order valence-electron chi connectivity index (χ4n) is 2.85. The summed E-state index contributed by atoms with van der Waals surface area (Å²) in [4.78, 5) is 18.8. The van der Waals surface area contributed by atoms with Gasteiger partial charge >= 0.3 is 0 Å². The number of thioether (sulfide) groups is 1. The highest BCUT2D eigenvalue weighted by Crippen LogP contribution is 2.26. The predicted molar refractivity (Wildman–Crippen MR) is 113 cm³/mol. The Balaban J connectivity index is 1.57. The quantitative estimate of drug-likeness (QED) is 0.532. The van der Waals surface area contributed by atoms with E-state index < -0.39 is 0 Å². The number of rotatable bonds is 7. The van der Waals surface area contributed by atoms with Gasteiger partial charge in [-0.1, -0.05) is 23.4 Å². The molecule has 1 aromatic heterocycles. The number of aromatic nitrogens is 1. The summed E-state index contributed by atoms with van der Waals surface area (Å²) in [5, 5.41) is 3.96. The first-order chi connectivity index (χ1) is 13.0. The van der Waals surface area contributed by atoms with Gasteiger partial charge in [-0.2, -0.15) is 0 Å². The van der Waals surface area contributed by atoms with E-state index in [1.54, 1.807) is 18.2 Å². The van der Waals surface area contributed by atoms with Crippen molar-refractivity contribution < 1.29 is 9.21 Å². The Morgan fingerprint density at radius 1 is 1.26 bits per heavy atom. The van der Waals surface area contributed by atoms with E-state index in [1.807, 2.05) is 24.3 Å². The minimum absolute atomic E-state index is 0.107. The largest absolute Gasteiger partial charge is 0.431 e. The first kappa shape index (κ1) is 19.6. The summed E-state index contributed by atoms with van der Waals surface area (Å²) in [6.45, 7) is 7.40. The van der Waals surface area contributed by atoms with Gasteiger partial charge in [-0.05, 0) is 63.2 Å². The van der Waals surface area contributed by atoms with Crippen molar-refractivity contribution in [3.63, 3.8) is 0 Å². The van der Waals surface area contributed by atoms with Gasteiger partial charge in [-0.15, -0.1) is 0 Å². The fraction of sp³-hybridized carbons (Fsp3) is 0.300. The first-order valence-corrected chi connectivity index (χ1v) is 10.2. The molecule has 0 saturated carbocycles. The van der Waals surface area contributed by atoms with E-state index in [1.165, 1.54) is 11.8 Å². The van der Waals surface area contributed by atoms with E-state index >= 15 is 0 Å². The highest BCUT2D eigenvalue weighted by molar-refractivity contribution is 7.99. The second-order valence-corrected chi connectivity index (χ2v) is 7.72. The van der Waals surface area contributed by atoms with Crippen LogP contribution < -0.4 is 10.2 Å². The first-order valence-electron chi connectivity index (χ1n) is 8.81. The number of oxazole rings is 1. The van der Waals surface area contributed by atoms with Gasteiger partial charge in [0, 0.05) is 29.0 Å². The maximum absolute atomic E-state index is 12.2. The minimum Gasteiger partial charge on any atom is -0.431 e. The molecular formula is C20H22ClN3O2S. The summed E-state index contributed by atoms with van der Waals surface area (Å²) in [6, 6.07) is 13.6. The second-order valence-electron chi connectivity index (χ2n) is 6.36. The van der Waals surface area contributed by atoms with Crippen molar-refractivity contribution in [2.75, 3.05) is 22.5 Å². The molecule has 0 radical (unpaired) electrons. The van der Waals surface area contributed by atoms with Gasteiger partial charge in [0.15, 0.2) is 5.58 Å². The molecule has 3 rings (SSSR count). The van der Waals surface area contributed by atoms with Crippen molar-refractivity contribution in [2.45, 2.75) is 32.0 Å². The summed E-state index contributed by atoms with van der Waals surface area (Å²) >= 11 is 7.20. The van der Waals surface area contributed by atoms with Crippen LogP contribution in [-0.2, 0) is 4.79 Å². The van der Waals surface area contributed by atoms with Gasteiger partial charge in [0.2, 0.25) is 5.91 Å². The highest BCUT2D eigenvalue weighted by atomic mass is 35.5. The molecule has 0 fully saturated rings. The van der Waals surface area contributed by atoms with Gasteiger partial charge in [0.1, 0.15) is 5.52 Å². The summed E-state index contributed by atoms with van der Waals surface area (Å²) in [7, 11) is 0. The van der Waals surface area contributed by atoms with Crippen molar-refractivity contribution in [3.8, 4) is 0 Å². The van der Waals surface area contributed by atoms with Crippen molar-refractivity contribution in [1.29, 1.82) is 0 Å². The topological polar surface area (TPSA) is 58.4 Å². The molecule has 0 bridgehead atoms. The fourth-order valence-corrected chi connectivity index (χ4v) is 3.65. The average molecular weight is 404 g/mol. The van der Waals surface area contributed by atoms with E-state index in [-0.39, 0.29) is 11.7 Å². The number of amides is 1. The maximum Gasteiger partial charge on any atom is 0.257 e. The molecule has 0 saturated heterocycles. The number of carbonyl (C=O) groups excluding carboxylic acids is 1. The third-order valence-corrected chi connectivity index (χ3v) is 5.17. The van der Waals surface area contributed by atoms with Crippen LogP contribution in [0, 0.1) is 0 Å². The number of benzene rings is 2. The van der Waals surface area contributed by atoms with Gasteiger partial charge in [0.25, 0.3) is 5.22 Å². The van der Waals surface area contributed by atoms with E-state index in [4.69, 9.17) is 16.0 Å². The Hall–Kier alpha value is -2.18. The number of anilines is 2. The van der Waals surface area contributed by atoms with Gasteiger partial charge < -0.3 is 14.6 Å². The number of hydrogen-bond donors (Lipinski definition) is 1. The molecule has 3 aromatic rings. The maximum atomic E-state index is 12.2. The van der Waals surface area contributed by atoms with Gasteiger partial charge in [0.05, 0.1) is 5.75 Å². The highest BCUT2D eigenvalue weighted by Gasteiger charge is 2.11. The van der Waals surface area contributed by atoms with Gasteiger partial charge in [-0.3, -0.25) is 4.79 Å². The molecule has 1 heterocycles. The van der Waals surface area contributed by atoms with Crippen LogP contribution in [0.15, 0.2) is 52.1 Å². The molecule has 1 N–H and O–H groups in total. The number of carbonyl (C=O) groups is 1. The van der Waals surface area contributed by atoms with Crippen molar-refractivity contribution >= 4 is 51.7 Å². The smallest absolute Gasteiger partial charge is 0.257 e. The Kier molecular flexibility index (Phi) is 6.29. The van der Waals surface area contributed by atoms with Crippen LogP contribution in [0.25, 0.3) is 11.1 Å². The van der Waals surface area contributed by atoms with E-state index in [0.29, 0.717) is 27.4 Å². The van der Waals surface area contributed by atoms with Crippen LogP contribution >= 0.6 is 23.4 Å². The zero-order valence-electron chi connectivity index (χ0n) is 15.5. The third kappa shape index (κ3) is 4.96. The van der Waals surface area contributed by atoms with Crippen molar-refractivity contribution in [1.82, 2.24) is 4.98 Å². The number of halogens is 1. The number of fused-ring (bicyclic) bond motifs is 1. The zero-order valence-corrected chi connectivity index (χ0v) is 17.1. The summed E-state index contributed by atoms with van der Waals surface area (Å²) in [6.07, 6.45) is 0. The van der Waals surface area contributed by atoms with E-state index in [0.717, 1.165) is 17.9 Å². The van der Waals surface area contributed by atoms with Crippen molar-refractivity contribution in [2.24, 2.45) is 0 Å². The Morgan fingerprint density at radius 2 is 2.00 bits per heavy atom. The standard InChI is InChI=1S/C20H22ClN3O2S/c1-4-24(13(2)3)16-8-6-15(7-9-16)22-19(25)12-27-20-23-17-11-14(21)5-10-18(17)26-20/h5-11,13H,4,12H2,1-3H3,(H,22,25). The zero-order chi connectivity index (χ0) is 19.4. The third-order valence-electron chi connectivity index (χ3n) is 4.10. The molecule has 5 nitrogen and oxygen atoms in total. The average Bonchev–Trinajstić information content (AvgIpc) is 3.04. The molecule has 0 aliphatic carbocycles. The summed E-state index contributed by atoms with van der Waals surface area (Å²) < 4.78 is 5.61. The molecule has 0 aliphatic heterocycles. The van der Waals surface area contributed by atoms with Gasteiger partial charge in [-0.25, -0.2) is 4.98 Å². The van der Waals surface area contributed by atoms with Crippen LogP contribution in [0.5, 0.6) is 0 Å². The monoisotopic (exact) mass is 403 g/mol. The minimum atomic E-state index is -0.107. The number of nitrogens with zero attached hydrogens (tertiary/aromatic N) is 2. The number of nitrogens with one attached hydrogen (secondary N) is 1. The molecule has 1 amide bonds. The molecule has 0 aliphatic rings. The Morgan fingerprint density at radius 3 is 2.67 bits per heavy atom. The SMILES string of the molecule is CCN(c1ccc(NC(=O)CSc2nc3cc(Cl)ccc3o2)cc1)C(C)C. The van der Waals surface area contributed by atoms with E-state index in [2.05, 4.69) is 36.0 Å². The molecule has 7 heteroatoms. The Bertz CT molecular complexity index is 925. The molecule has 0 spiro atoms. The lowest BCUT2D eigenvalue weighted by Gasteiger charge is -2.27. The van der Waals surface area contributed by atoms with Crippen LogP contribution in [0.2, 0.25) is 5.02 Å². The lowest BCUT2D eigenvalue weighted by Crippen LogP contribution is -2.30. The number of hydrogen-bond acceptors (Lipinski definition) is 5. The molecule has 2 aromatic carbocycles. The Labute approximate surface area is 168 Å². The van der Waals surface area contributed by atoms with Crippen LogP contribution in [0.1, 0.15) is 20.8 Å². The molecule has 0 atom stereocenters. The van der Waals surface area contributed by atoms with Crippen molar-refractivity contribution in [3.05, 3.63) is 47.5 Å². The molecule has 27 heavy (non-hydrogen) atoms. The summed E-state index contributed by atoms with van der Waals surface area (Å²) in [5.74, 6) is 0.110. The van der Waals surface area contributed by atoms with E-state index in [9.17, 15) is 4.79 Å². The normalized spacial score (nSPS) is 11.1.